The fourth-order valence-corrected chi connectivity index (χ4v) is 1.58. The summed E-state index contributed by atoms with van der Waals surface area (Å²) in [7, 11) is 1.73. The Kier molecular flexibility index (Phi) is 5.15. The summed E-state index contributed by atoms with van der Waals surface area (Å²) in [6.07, 6.45) is 0.937. The van der Waals surface area contributed by atoms with E-state index in [1.807, 2.05) is 0 Å². The molecule has 6 heteroatoms. The Hall–Kier alpha value is -0.870. The summed E-state index contributed by atoms with van der Waals surface area (Å²) in [5.41, 5.74) is 0.290. The Morgan fingerprint density at radius 2 is 2.06 bits per heavy atom. The smallest absolute Gasteiger partial charge is 0.256 e. The third kappa shape index (κ3) is 4.13. The molecule has 94 valence electrons. The van der Waals surface area contributed by atoms with Gasteiger partial charge in [0.15, 0.2) is 10.3 Å². The van der Waals surface area contributed by atoms with Crippen LogP contribution in [0.15, 0.2) is 6.07 Å². The van der Waals surface area contributed by atoms with Crippen LogP contribution in [0.4, 0.5) is 0 Å². The second-order valence-electron chi connectivity index (χ2n) is 4.28. The lowest BCUT2D eigenvalue weighted by Gasteiger charge is -2.18. The van der Waals surface area contributed by atoms with E-state index in [1.165, 1.54) is 6.07 Å². The molecule has 0 radical (unpaired) electrons. The van der Waals surface area contributed by atoms with E-state index in [0.717, 1.165) is 6.42 Å². The predicted molar refractivity (Wildman–Crippen MR) is 68.5 cm³/mol. The van der Waals surface area contributed by atoms with Gasteiger partial charge in [-0.05, 0) is 18.4 Å². The summed E-state index contributed by atoms with van der Waals surface area (Å²) in [5, 5.41) is 7.42. The van der Waals surface area contributed by atoms with Crippen molar-refractivity contribution in [3.8, 4) is 0 Å². The van der Waals surface area contributed by atoms with Crippen molar-refractivity contribution in [1.29, 1.82) is 0 Å². The van der Waals surface area contributed by atoms with Gasteiger partial charge in [0, 0.05) is 13.6 Å². The van der Waals surface area contributed by atoms with E-state index < -0.39 is 0 Å². The molecule has 4 nitrogen and oxygen atoms in total. The summed E-state index contributed by atoms with van der Waals surface area (Å²) in [5.74, 6) is 0.354. The Balaban J connectivity index is 2.78. The minimum atomic E-state index is -0.188. The average molecular weight is 276 g/mol. The van der Waals surface area contributed by atoms with Crippen LogP contribution < -0.4 is 0 Å². The van der Waals surface area contributed by atoms with Crippen molar-refractivity contribution in [2.24, 2.45) is 5.92 Å². The van der Waals surface area contributed by atoms with Crippen molar-refractivity contribution in [3.63, 3.8) is 0 Å². The molecule has 1 aromatic rings. The van der Waals surface area contributed by atoms with Gasteiger partial charge in [0.2, 0.25) is 0 Å². The molecule has 1 heterocycles. The average Bonchev–Trinajstić information content (AvgIpc) is 2.28. The number of carbonyl (C=O) groups excluding carboxylic acids is 1. The molecule has 0 bridgehead atoms. The van der Waals surface area contributed by atoms with Gasteiger partial charge in [0.1, 0.15) is 0 Å². The van der Waals surface area contributed by atoms with Crippen LogP contribution in [0.1, 0.15) is 30.6 Å². The lowest BCUT2D eigenvalue weighted by Crippen LogP contribution is -2.29. The normalized spacial score (nSPS) is 10.7. The van der Waals surface area contributed by atoms with Crippen molar-refractivity contribution in [1.82, 2.24) is 15.1 Å². The van der Waals surface area contributed by atoms with Crippen LogP contribution in [0.25, 0.3) is 0 Å². The number of carbonyl (C=O) groups is 1. The highest BCUT2D eigenvalue weighted by Crippen LogP contribution is 2.17. The second-order valence-corrected chi connectivity index (χ2v) is 5.03. The number of hydrogen-bond acceptors (Lipinski definition) is 3. The van der Waals surface area contributed by atoms with Gasteiger partial charge in [0.25, 0.3) is 5.91 Å². The number of amides is 1. The largest absolute Gasteiger partial charge is 0.342 e. The van der Waals surface area contributed by atoms with Gasteiger partial charge in [0.05, 0.1) is 5.56 Å². The molecule has 0 aliphatic carbocycles. The van der Waals surface area contributed by atoms with Crippen molar-refractivity contribution in [2.75, 3.05) is 13.6 Å². The molecule has 0 unspecified atom stereocenters. The number of aromatic nitrogens is 2. The maximum atomic E-state index is 12.0. The number of rotatable bonds is 4. The van der Waals surface area contributed by atoms with Crippen LogP contribution in [0.5, 0.6) is 0 Å². The zero-order valence-electron chi connectivity index (χ0n) is 10.1. The summed E-state index contributed by atoms with van der Waals surface area (Å²) < 4.78 is 0. The highest BCUT2D eigenvalue weighted by Gasteiger charge is 2.17. The molecule has 0 saturated carbocycles. The molecule has 0 aromatic carbocycles. The van der Waals surface area contributed by atoms with Crippen LogP contribution in [0.3, 0.4) is 0 Å². The quantitative estimate of drug-likeness (QED) is 0.849. The summed E-state index contributed by atoms with van der Waals surface area (Å²) in [6, 6.07) is 1.44. The second kappa shape index (κ2) is 6.17. The highest BCUT2D eigenvalue weighted by atomic mass is 35.5. The van der Waals surface area contributed by atoms with E-state index in [0.29, 0.717) is 12.5 Å². The minimum absolute atomic E-state index is 0.0794. The minimum Gasteiger partial charge on any atom is -0.342 e. The predicted octanol–water partition coefficient (Wildman–Crippen LogP) is 2.90. The van der Waals surface area contributed by atoms with Gasteiger partial charge in [-0.15, -0.1) is 10.2 Å². The zero-order chi connectivity index (χ0) is 13.0. The van der Waals surface area contributed by atoms with Crippen molar-refractivity contribution < 1.29 is 4.79 Å². The molecule has 0 aliphatic heterocycles. The van der Waals surface area contributed by atoms with Gasteiger partial charge >= 0.3 is 0 Å². The molecule has 0 spiro atoms. The molecular weight excluding hydrogens is 261 g/mol. The molecule has 1 aromatic heterocycles. The van der Waals surface area contributed by atoms with E-state index >= 15 is 0 Å². The van der Waals surface area contributed by atoms with Gasteiger partial charge < -0.3 is 4.90 Å². The number of nitrogens with zero attached hydrogens (tertiary/aromatic N) is 3. The van der Waals surface area contributed by atoms with Gasteiger partial charge in [-0.1, -0.05) is 37.0 Å². The molecular formula is C11H15Cl2N3O. The van der Waals surface area contributed by atoms with Crippen LogP contribution in [-0.2, 0) is 0 Å². The third-order valence-corrected chi connectivity index (χ3v) is 2.80. The maximum absolute atomic E-state index is 12.0. The standard InChI is InChI=1S/C11H15Cl2N3O/c1-7(2)4-5-16(3)11(17)8-6-9(12)14-15-10(8)13/h6-7H,4-5H2,1-3H3. The van der Waals surface area contributed by atoms with E-state index in [-0.39, 0.29) is 21.8 Å². The van der Waals surface area contributed by atoms with Gasteiger partial charge in [-0.3, -0.25) is 4.79 Å². The van der Waals surface area contributed by atoms with Crippen molar-refractivity contribution in [2.45, 2.75) is 20.3 Å². The highest BCUT2D eigenvalue weighted by molar-refractivity contribution is 6.34. The van der Waals surface area contributed by atoms with Crippen LogP contribution in [0.2, 0.25) is 10.3 Å². The lowest BCUT2D eigenvalue weighted by atomic mass is 10.1. The van der Waals surface area contributed by atoms with E-state index in [9.17, 15) is 4.79 Å². The third-order valence-electron chi connectivity index (χ3n) is 2.34. The van der Waals surface area contributed by atoms with Crippen molar-refractivity contribution >= 4 is 29.1 Å². The SMILES string of the molecule is CC(C)CCN(C)C(=O)c1cc(Cl)nnc1Cl. The Morgan fingerprint density at radius 3 is 2.65 bits per heavy atom. The first kappa shape index (κ1) is 14.2. The van der Waals surface area contributed by atoms with Gasteiger partial charge in [-0.2, -0.15) is 0 Å². The molecule has 0 N–H and O–H groups in total. The molecule has 0 fully saturated rings. The summed E-state index contributed by atoms with van der Waals surface area (Å²) in [4.78, 5) is 13.7. The van der Waals surface area contributed by atoms with Crippen LogP contribution in [-0.4, -0.2) is 34.6 Å². The fourth-order valence-electron chi connectivity index (χ4n) is 1.26. The first-order valence-corrected chi connectivity index (χ1v) is 6.11. The first-order valence-electron chi connectivity index (χ1n) is 5.36. The van der Waals surface area contributed by atoms with Crippen molar-refractivity contribution in [3.05, 3.63) is 21.9 Å². The first-order chi connectivity index (χ1) is 7.91. The zero-order valence-corrected chi connectivity index (χ0v) is 11.6. The summed E-state index contributed by atoms with van der Waals surface area (Å²) in [6.45, 7) is 4.89. The molecule has 1 rings (SSSR count). The molecule has 0 atom stereocenters. The monoisotopic (exact) mass is 275 g/mol. The molecule has 1 amide bonds. The molecule has 0 saturated heterocycles. The van der Waals surface area contributed by atoms with Crippen LogP contribution in [0, 0.1) is 5.92 Å². The number of halogens is 2. The Bertz CT molecular complexity index is 410. The Labute approximate surface area is 111 Å². The number of hydrogen-bond donors (Lipinski definition) is 0. The summed E-state index contributed by atoms with van der Waals surface area (Å²) >= 11 is 11.5. The van der Waals surface area contributed by atoms with Gasteiger partial charge in [-0.25, -0.2) is 0 Å². The fraction of sp³-hybridized carbons (Fsp3) is 0.545. The van der Waals surface area contributed by atoms with E-state index in [2.05, 4.69) is 24.0 Å². The van der Waals surface area contributed by atoms with E-state index in [1.54, 1.807) is 11.9 Å². The Morgan fingerprint density at radius 1 is 1.41 bits per heavy atom. The molecule has 17 heavy (non-hydrogen) atoms. The topological polar surface area (TPSA) is 46.1 Å². The lowest BCUT2D eigenvalue weighted by molar-refractivity contribution is 0.0788. The van der Waals surface area contributed by atoms with E-state index in [4.69, 9.17) is 23.2 Å². The maximum Gasteiger partial charge on any atom is 0.256 e. The van der Waals surface area contributed by atoms with Crippen LogP contribution >= 0.6 is 23.2 Å². The molecule has 0 aliphatic rings.